The molecular weight excluding hydrogens is 292 g/mol. The molecule has 1 aliphatic carbocycles. The second-order valence-corrected chi connectivity index (χ2v) is 6.20. The number of hydrogen-bond donors (Lipinski definition) is 2. The third kappa shape index (κ3) is 4.03. The number of methoxy groups -OCH3 is 1. The molecule has 0 bridgehead atoms. The van der Waals surface area contributed by atoms with E-state index < -0.39 is 5.41 Å². The van der Waals surface area contributed by atoms with Gasteiger partial charge in [-0.3, -0.25) is 9.59 Å². The number of anilines is 1. The average molecular weight is 318 g/mol. The van der Waals surface area contributed by atoms with Crippen molar-refractivity contribution < 1.29 is 14.3 Å². The van der Waals surface area contributed by atoms with E-state index in [2.05, 4.69) is 17.6 Å². The average Bonchev–Trinajstić information content (AvgIpc) is 3.33. The first-order valence-corrected chi connectivity index (χ1v) is 8.28. The summed E-state index contributed by atoms with van der Waals surface area (Å²) in [6.45, 7) is 4.70. The van der Waals surface area contributed by atoms with E-state index in [0.29, 0.717) is 30.8 Å². The zero-order chi connectivity index (χ0) is 16.9. The lowest BCUT2D eigenvalue weighted by Crippen LogP contribution is -2.40. The Hall–Kier alpha value is -2.04. The number of carbonyl (C=O) groups is 2. The van der Waals surface area contributed by atoms with Crippen molar-refractivity contribution >= 4 is 17.5 Å². The Bertz CT molecular complexity index is 580. The van der Waals surface area contributed by atoms with E-state index in [1.165, 1.54) is 0 Å². The van der Waals surface area contributed by atoms with Crippen LogP contribution in [0.15, 0.2) is 18.2 Å². The molecule has 1 fully saturated rings. The Morgan fingerprint density at radius 2 is 1.96 bits per heavy atom. The first-order valence-electron chi connectivity index (χ1n) is 8.28. The van der Waals surface area contributed by atoms with E-state index in [0.717, 1.165) is 24.8 Å². The molecule has 5 heteroatoms. The van der Waals surface area contributed by atoms with Crippen molar-refractivity contribution in [2.24, 2.45) is 5.41 Å². The quantitative estimate of drug-likeness (QED) is 0.572. The fourth-order valence-electron chi connectivity index (χ4n) is 2.59. The van der Waals surface area contributed by atoms with Gasteiger partial charge >= 0.3 is 0 Å². The maximum atomic E-state index is 12.6. The molecule has 0 spiro atoms. The number of hydrogen-bond acceptors (Lipinski definition) is 3. The van der Waals surface area contributed by atoms with Crippen LogP contribution in [0.1, 0.15) is 44.6 Å². The van der Waals surface area contributed by atoms with Gasteiger partial charge in [0.25, 0.3) is 0 Å². The molecule has 1 saturated carbocycles. The summed E-state index contributed by atoms with van der Waals surface area (Å²) < 4.78 is 5.27. The number of nitrogens with one attached hydrogen (secondary N) is 2. The fraction of sp³-hybridized carbons (Fsp3) is 0.556. The largest absolute Gasteiger partial charge is 0.495 e. The van der Waals surface area contributed by atoms with Crippen molar-refractivity contribution in [2.75, 3.05) is 19.0 Å². The van der Waals surface area contributed by atoms with Crippen LogP contribution in [0, 0.1) is 12.3 Å². The maximum absolute atomic E-state index is 12.6. The lowest BCUT2D eigenvalue weighted by Gasteiger charge is -2.17. The summed E-state index contributed by atoms with van der Waals surface area (Å²) in [7, 11) is 1.56. The van der Waals surface area contributed by atoms with E-state index in [1.807, 2.05) is 25.1 Å². The van der Waals surface area contributed by atoms with Crippen molar-refractivity contribution in [3.05, 3.63) is 23.8 Å². The first-order chi connectivity index (χ1) is 11.0. The van der Waals surface area contributed by atoms with Gasteiger partial charge in [0.1, 0.15) is 11.2 Å². The Kier molecular flexibility index (Phi) is 5.64. The Morgan fingerprint density at radius 1 is 1.22 bits per heavy atom. The molecule has 23 heavy (non-hydrogen) atoms. The summed E-state index contributed by atoms with van der Waals surface area (Å²) in [6.07, 6.45) is 4.35. The van der Waals surface area contributed by atoms with Crippen LogP contribution in [0.25, 0.3) is 0 Å². The van der Waals surface area contributed by atoms with Crippen molar-refractivity contribution in [2.45, 2.75) is 46.0 Å². The maximum Gasteiger partial charge on any atom is 0.240 e. The Labute approximate surface area is 137 Å². The first kappa shape index (κ1) is 17.3. The molecule has 0 aromatic heterocycles. The van der Waals surface area contributed by atoms with Gasteiger partial charge in [-0.2, -0.15) is 0 Å². The standard InChI is InChI=1S/C18H26N2O3/c1-4-5-6-11-19-16(21)18(9-10-18)17(22)20-14-12-13(2)7-8-15(14)23-3/h7-8,12H,4-6,9-11H2,1-3H3,(H,19,21)(H,20,22). The Morgan fingerprint density at radius 3 is 2.57 bits per heavy atom. The highest BCUT2D eigenvalue weighted by atomic mass is 16.5. The van der Waals surface area contributed by atoms with Gasteiger partial charge in [-0.15, -0.1) is 0 Å². The molecule has 2 rings (SSSR count). The highest BCUT2D eigenvalue weighted by Gasteiger charge is 2.56. The fourth-order valence-corrected chi connectivity index (χ4v) is 2.59. The molecule has 2 N–H and O–H groups in total. The predicted octanol–water partition coefficient (Wildman–Crippen LogP) is 3.03. The van der Waals surface area contributed by atoms with Gasteiger partial charge in [-0.1, -0.05) is 25.8 Å². The van der Waals surface area contributed by atoms with Gasteiger partial charge in [0, 0.05) is 6.54 Å². The van der Waals surface area contributed by atoms with Crippen LogP contribution in [-0.2, 0) is 9.59 Å². The van der Waals surface area contributed by atoms with Gasteiger partial charge in [-0.25, -0.2) is 0 Å². The molecule has 1 aliphatic rings. The van der Waals surface area contributed by atoms with Gasteiger partial charge in [-0.05, 0) is 43.9 Å². The molecule has 1 aromatic rings. The molecule has 0 aliphatic heterocycles. The molecule has 0 heterocycles. The number of ether oxygens (including phenoxy) is 1. The van der Waals surface area contributed by atoms with Crippen LogP contribution in [0.4, 0.5) is 5.69 Å². The topological polar surface area (TPSA) is 67.4 Å². The van der Waals surface area contributed by atoms with Crippen molar-refractivity contribution in [1.29, 1.82) is 0 Å². The van der Waals surface area contributed by atoms with Gasteiger partial charge in [0.2, 0.25) is 11.8 Å². The smallest absolute Gasteiger partial charge is 0.240 e. The van der Waals surface area contributed by atoms with Crippen LogP contribution < -0.4 is 15.4 Å². The highest BCUT2D eigenvalue weighted by molar-refractivity contribution is 6.13. The normalized spacial score (nSPS) is 14.9. The lowest BCUT2D eigenvalue weighted by molar-refractivity contribution is -0.134. The van der Waals surface area contributed by atoms with Gasteiger partial charge in [0.15, 0.2) is 0 Å². The molecule has 1 aromatic carbocycles. The molecule has 0 saturated heterocycles. The van der Waals surface area contributed by atoms with E-state index in [4.69, 9.17) is 4.74 Å². The summed E-state index contributed by atoms with van der Waals surface area (Å²) in [4.78, 5) is 24.9. The van der Waals surface area contributed by atoms with Crippen LogP contribution in [-0.4, -0.2) is 25.5 Å². The minimum Gasteiger partial charge on any atom is -0.495 e. The second-order valence-electron chi connectivity index (χ2n) is 6.20. The predicted molar refractivity (Wildman–Crippen MR) is 90.6 cm³/mol. The number of carbonyl (C=O) groups excluding carboxylic acids is 2. The van der Waals surface area contributed by atoms with E-state index >= 15 is 0 Å². The van der Waals surface area contributed by atoms with Crippen molar-refractivity contribution in [1.82, 2.24) is 5.32 Å². The SMILES string of the molecule is CCCCCNC(=O)C1(C(=O)Nc2cc(C)ccc2OC)CC1. The minimum atomic E-state index is -0.902. The van der Waals surface area contributed by atoms with Crippen molar-refractivity contribution in [3.8, 4) is 5.75 Å². The summed E-state index contributed by atoms with van der Waals surface area (Å²) in [5.74, 6) is 0.204. The third-order valence-corrected chi connectivity index (χ3v) is 4.29. The second kappa shape index (κ2) is 7.49. The molecule has 126 valence electrons. The van der Waals surface area contributed by atoms with E-state index in [-0.39, 0.29) is 11.8 Å². The van der Waals surface area contributed by atoms with Gasteiger partial charge < -0.3 is 15.4 Å². The van der Waals surface area contributed by atoms with Crippen LogP contribution in [0.3, 0.4) is 0 Å². The van der Waals surface area contributed by atoms with Crippen LogP contribution in [0.5, 0.6) is 5.75 Å². The molecular formula is C18H26N2O3. The van der Waals surface area contributed by atoms with Crippen molar-refractivity contribution in [3.63, 3.8) is 0 Å². The molecule has 2 amide bonds. The highest BCUT2D eigenvalue weighted by Crippen LogP contribution is 2.47. The number of unbranched alkanes of at least 4 members (excludes halogenated alkanes) is 2. The monoisotopic (exact) mass is 318 g/mol. The zero-order valence-corrected chi connectivity index (χ0v) is 14.2. The van der Waals surface area contributed by atoms with E-state index in [1.54, 1.807) is 7.11 Å². The molecule has 0 atom stereocenters. The number of benzene rings is 1. The number of amides is 2. The van der Waals surface area contributed by atoms with Crippen LogP contribution in [0.2, 0.25) is 0 Å². The minimum absolute atomic E-state index is 0.155. The summed E-state index contributed by atoms with van der Waals surface area (Å²) >= 11 is 0. The Balaban J connectivity index is 2.00. The van der Waals surface area contributed by atoms with Crippen LogP contribution >= 0.6 is 0 Å². The summed E-state index contributed by atoms with van der Waals surface area (Å²) in [5.41, 5.74) is 0.735. The number of rotatable bonds is 8. The molecule has 0 unspecified atom stereocenters. The molecule has 0 radical (unpaired) electrons. The van der Waals surface area contributed by atoms with E-state index in [9.17, 15) is 9.59 Å². The van der Waals surface area contributed by atoms with Gasteiger partial charge in [0.05, 0.1) is 12.8 Å². The third-order valence-electron chi connectivity index (χ3n) is 4.29. The molecule has 5 nitrogen and oxygen atoms in total. The summed E-state index contributed by atoms with van der Waals surface area (Å²) in [5, 5.41) is 5.76. The lowest BCUT2D eigenvalue weighted by atomic mass is 10.0. The number of aryl methyl sites for hydroxylation is 1. The summed E-state index contributed by atoms with van der Waals surface area (Å²) in [6, 6.07) is 5.59. The zero-order valence-electron chi connectivity index (χ0n) is 14.2.